The second-order valence-electron chi connectivity index (χ2n) is 4.76. The van der Waals surface area contributed by atoms with Crippen LogP contribution in [0.2, 0.25) is 0 Å². The molecule has 1 N–H and O–H groups in total. The maximum Gasteiger partial charge on any atom is 0.240 e. The average molecular weight is 259 g/mol. The predicted octanol–water partition coefficient (Wildman–Crippen LogP) is 1.33. The van der Waals surface area contributed by atoms with Crippen LogP contribution >= 0.6 is 0 Å². The Morgan fingerprint density at radius 1 is 1.53 bits per heavy atom. The molecule has 0 spiro atoms. The number of nitrogens with zero attached hydrogens (tertiary/aromatic N) is 2. The van der Waals surface area contributed by atoms with E-state index in [0.717, 1.165) is 11.4 Å². The van der Waals surface area contributed by atoms with E-state index < -0.39 is 5.41 Å². The molecule has 1 aromatic rings. The molecule has 0 aliphatic carbocycles. The largest absolute Gasteiger partial charge is 0.381 e. The molecule has 0 atom stereocenters. The van der Waals surface area contributed by atoms with Crippen molar-refractivity contribution < 1.29 is 9.53 Å². The second kappa shape index (κ2) is 5.81. The van der Waals surface area contributed by atoms with Crippen LogP contribution in [0.25, 0.3) is 0 Å². The van der Waals surface area contributed by atoms with E-state index in [9.17, 15) is 10.1 Å². The molecular formula is C14H17N3O2. The first-order valence-electron chi connectivity index (χ1n) is 6.36. The van der Waals surface area contributed by atoms with E-state index in [1.165, 1.54) is 0 Å². The first kappa shape index (κ1) is 13.5. The van der Waals surface area contributed by atoms with Crippen molar-refractivity contribution in [3.63, 3.8) is 0 Å². The molecule has 5 nitrogen and oxygen atoms in total. The van der Waals surface area contributed by atoms with Crippen molar-refractivity contribution in [3.8, 4) is 6.07 Å². The van der Waals surface area contributed by atoms with Crippen LogP contribution in [0.15, 0.2) is 18.2 Å². The molecule has 0 unspecified atom stereocenters. The van der Waals surface area contributed by atoms with Gasteiger partial charge >= 0.3 is 0 Å². The summed E-state index contributed by atoms with van der Waals surface area (Å²) in [4.78, 5) is 16.5. The second-order valence-corrected chi connectivity index (χ2v) is 4.76. The maximum atomic E-state index is 12.2. The molecule has 1 amide bonds. The Morgan fingerprint density at radius 2 is 2.26 bits per heavy atom. The standard InChI is InChI=1S/C14H17N3O2/c1-11-3-2-4-12(17-11)9-16-13(18)14(10-15)5-7-19-8-6-14/h2-4H,5-9H2,1H3,(H,16,18). The van der Waals surface area contributed by atoms with Crippen molar-refractivity contribution in [1.29, 1.82) is 5.26 Å². The van der Waals surface area contributed by atoms with E-state index in [0.29, 0.717) is 32.6 Å². The highest BCUT2D eigenvalue weighted by atomic mass is 16.5. The van der Waals surface area contributed by atoms with Crippen molar-refractivity contribution >= 4 is 5.91 Å². The van der Waals surface area contributed by atoms with Crippen molar-refractivity contribution in [2.45, 2.75) is 26.3 Å². The minimum atomic E-state index is -0.942. The lowest BCUT2D eigenvalue weighted by Gasteiger charge is -2.29. The summed E-state index contributed by atoms with van der Waals surface area (Å²) in [5.41, 5.74) is 0.767. The summed E-state index contributed by atoms with van der Waals surface area (Å²) >= 11 is 0. The van der Waals surface area contributed by atoms with Crippen molar-refractivity contribution in [2.24, 2.45) is 5.41 Å². The van der Waals surface area contributed by atoms with Gasteiger partial charge in [-0.25, -0.2) is 0 Å². The number of carbonyl (C=O) groups excluding carboxylic acids is 1. The Bertz CT molecular complexity index is 502. The summed E-state index contributed by atoms with van der Waals surface area (Å²) in [6.45, 7) is 3.18. The third-order valence-corrected chi connectivity index (χ3v) is 3.37. The minimum absolute atomic E-state index is 0.221. The van der Waals surface area contributed by atoms with Crippen LogP contribution in [0.3, 0.4) is 0 Å². The fourth-order valence-corrected chi connectivity index (χ4v) is 2.15. The SMILES string of the molecule is Cc1cccc(CNC(=O)C2(C#N)CCOCC2)n1. The molecule has 1 aliphatic rings. The lowest BCUT2D eigenvalue weighted by molar-refractivity contribution is -0.132. The molecule has 5 heteroatoms. The van der Waals surface area contributed by atoms with Gasteiger partial charge in [0.1, 0.15) is 5.41 Å². The van der Waals surface area contributed by atoms with Crippen LogP contribution in [0, 0.1) is 23.7 Å². The van der Waals surface area contributed by atoms with Crippen LogP contribution in [0.1, 0.15) is 24.2 Å². The van der Waals surface area contributed by atoms with Crippen LogP contribution in [-0.4, -0.2) is 24.1 Å². The molecule has 0 saturated carbocycles. The normalized spacial score (nSPS) is 17.5. The molecule has 2 heterocycles. The number of nitrogens with one attached hydrogen (secondary N) is 1. The molecule has 0 aromatic carbocycles. The van der Waals surface area contributed by atoms with Crippen molar-refractivity contribution in [3.05, 3.63) is 29.6 Å². The molecule has 100 valence electrons. The van der Waals surface area contributed by atoms with Crippen LogP contribution in [0.4, 0.5) is 0 Å². The summed E-state index contributed by atoms with van der Waals surface area (Å²) < 4.78 is 5.21. The molecule has 1 saturated heterocycles. The monoisotopic (exact) mass is 259 g/mol. The Morgan fingerprint density at radius 3 is 2.89 bits per heavy atom. The number of hydrogen-bond donors (Lipinski definition) is 1. The van der Waals surface area contributed by atoms with Gasteiger partial charge < -0.3 is 10.1 Å². The molecule has 1 aromatic heterocycles. The Labute approximate surface area is 112 Å². The number of hydrogen-bond acceptors (Lipinski definition) is 4. The zero-order valence-corrected chi connectivity index (χ0v) is 11.0. The summed E-state index contributed by atoms with van der Waals surface area (Å²) in [6.07, 6.45) is 0.910. The number of amides is 1. The number of ether oxygens (including phenoxy) is 1. The van der Waals surface area contributed by atoms with Gasteiger partial charge in [0.2, 0.25) is 5.91 Å². The summed E-state index contributed by atoms with van der Waals surface area (Å²) in [6, 6.07) is 7.81. The van der Waals surface area contributed by atoms with Gasteiger partial charge in [-0.3, -0.25) is 9.78 Å². The van der Waals surface area contributed by atoms with E-state index in [4.69, 9.17) is 4.74 Å². The topological polar surface area (TPSA) is 75.0 Å². The first-order valence-corrected chi connectivity index (χ1v) is 6.36. The van der Waals surface area contributed by atoms with Gasteiger partial charge in [0, 0.05) is 18.9 Å². The van der Waals surface area contributed by atoms with E-state index in [2.05, 4.69) is 16.4 Å². The number of aromatic nitrogens is 1. The molecule has 2 rings (SSSR count). The van der Waals surface area contributed by atoms with Crippen LogP contribution < -0.4 is 5.32 Å². The number of nitriles is 1. The van der Waals surface area contributed by atoms with E-state index >= 15 is 0 Å². The predicted molar refractivity (Wildman–Crippen MR) is 68.9 cm³/mol. The van der Waals surface area contributed by atoms with Gasteiger partial charge in [0.15, 0.2) is 0 Å². The third-order valence-electron chi connectivity index (χ3n) is 3.37. The van der Waals surface area contributed by atoms with Crippen LogP contribution in [-0.2, 0) is 16.1 Å². The zero-order valence-electron chi connectivity index (χ0n) is 11.0. The van der Waals surface area contributed by atoms with Gasteiger partial charge in [0.25, 0.3) is 0 Å². The van der Waals surface area contributed by atoms with Gasteiger partial charge in [0.05, 0.1) is 18.3 Å². The molecule has 1 fully saturated rings. The Kier molecular flexibility index (Phi) is 4.13. The molecular weight excluding hydrogens is 242 g/mol. The fraction of sp³-hybridized carbons (Fsp3) is 0.500. The average Bonchev–Trinajstić information content (AvgIpc) is 2.45. The van der Waals surface area contributed by atoms with Gasteiger partial charge in [-0.2, -0.15) is 5.26 Å². The minimum Gasteiger partial charge on any atom is -0.381 e. The lowest BCUT2D eigenvalue weighted by Crippen LogP contribution is -2.43. The zero-order chi connectivity index (χ0) is 13.7. The molecule has 0 radical (unpaired) electrons. The van der Waals surface area contributed by atoms with Crippen molar-refractivity contribution in [2.75, 3.05) is 13.2 Å². The summed E-state index contributed by atoms with van der Waals surface area (Å²) in [7, 11) is 0. The van der Waals surface area contributed by atoms with E-state index in [-0.39, 0.29) is 5.91 Å². The van der Waals surface area contributed by atoms with E-state index in [1.807, 2.05) is 25.1 Å². The fourth-order valence-electron chi connectivity index (χ4n) is 2.15. The Balaban J connectivity index is 1.99. The third kappa shape index (κ3) is 3.09. The highest BCUT2D eigenvalue weighted by Gasteiger charge is 2.40. The van der Waals surface area contributed by atoms with Gasteiger partial charge in [-0.05, 0) is 31.9 Å². The molecule has 0 bridgehead atoms. The summed E-state index contributed by atoms with van der Waals surface area (Å²) in [5.74, 6) is -0.221. The smallest absolute Gasteiger partial charge is 0.240 e. The number of pyridine rings is 1. The highest BCUT2D eigenvalue weighted by Crippen LogP contribution is 2.29. The quantitative estimate of drug-likeness (QED) is 0.888. The van der Waals surface area contributed by atoms with E-state index in [1.54, 1.807) is 0 Å². The summed E-state index contributed by atoms with van der Waals surface area (Å²) in [5, 5.41) is 12.1. The molecule has 1 aliphatic heterocycles. The lowest BCUT2D eigenvalue weighted by atomic mass is 9.81. The van der Waals surface area contributed by atoms with Gasteiger partial charge in [-0.15, -0.1) is 0 Å². The number of carbonyl (C=O) groups is 1. The number of rotatable bonds is 3. The first-order chi connectivity index (χ1) is 9.16. The highest BCUT2D eigenvalue weighted by molar-refractivity contribution is 5.85. The van der Waals surface area contributed by atoms with Gasteiger partial charge in [-0.1, -0.05) is 6.07 Å². The maximum absolute atomic E-state index is 12.2. The Hall–Kier alpha value is -1.93. The number of aryl methyl sites for hydroxylation is 1. The van der Waals surface area contributed by atoms with Crippen LogP contribution in [0.5, 0.6) is 0 Å². The molecule has 19 heavy (non-hydrogen) atoms. The van der Waals surface area contributed by atoms with Crippen molar-refractivity contribution in [1.82, 2.24) is 10.3 Å².